The van der Waals surface area contributed by atoms with Crippen LogP contribution in [-0.4, -0.2) is 48.2 Å². The summed E-state index contributed by atoms with van der Waals surface area (Å²) < 4.78 is 4.67. The van der Waals surface area contributed by atoms with Gasteiger partial charge < -0.3 is 20.3 Å². The first-order valence-corrected chi connectivity index (χ1v) is 6.96. The van der Waals surface area contributed by atoms with Gasteiger partial charge in [0.05, 0.1) is 19.3 Å². The second-order valence-electron chi connectivity index (χ2n) is 4.88. The number of carbonyl (C=O) groups excluding carboxylic acids is 2. The summed E-state index contributed by atoms with van der Waals surface area (Å²) in [4.78, 5) is 28.9. The summed E-state index contributed by atoms with van der Waals surface area (Å²) in [5.74, 6) is 0. The third-order valence-corrected chi connectivity index (χ3v) is 3.42. The monoisotopic (exact) mass is 292 g/mol. The van der Waals surface area contributed by atoms with E-state index >= 15 is 0 Å². The molecule has 3 amide bonds. The number of methoxy groups -OCH3 is 1. The second-order valence-corrected chi connectivity index (χ2v) is 4.88. The van der Waals surface area contributed by atoms with Crippen molar-refractivity contribution < 1.29 is 14.3 Å². The van der Waals surface area contributed by atoms with E-state index in [1.165, 1.54) is 7.11 Å². The maximum Gasteiger partial charge on any atom is 0.409 e. The molecule has 0 aliphatic carbocycles. The lowest BCUT2D eigenvalue weighted by atomic mass is 10.1. The zero-order chi connectivity index (χ0) is 15.1. The van der Waals surface area contributed by atoms with E-state index in [1.807, 2.05) is 18.2 Å². The molecule has 1 fully saturated rings. The van der Waals surface area contributed by atoms with Gasteiger partial charge in [-0.2, -0.15) is 0 Å². The lowest BCUT2D eigenvalue weighted by Gasteiger charge is -2.31. The number of rotatable bonds is 3. The largest absolute Gasteiger partial charge is 0.453 e. The van der Waals surface area contributed by atoms with Crippen molar-refractivity contribution in [2.45, 2.75) is 25.4 Å². The Balaban J connectivity index is 1.68. The van der Waals surface area contributed by atoms with Crippen molar-refractivity contribution in [3.05, 3.63) is 30.1 Å². The minimum Gasteiger partial charge on any atom is -0.453 e. The molecule has 2 rings (SSSR count). The fourth-order valence-corrected chi connectivity index (χ4v) is 2.25. The summed E-state index contributed by atoms with van der Waals surface area (Å²) in [7, 11) is 1.37. The van der Waals surface area contributed by atoms with E-state index in [0.717, 1.165) is 18.5 Å². The van der Waals surface area contributed by atoms with Gasteiger partial charge in [0.25, 0.3) is 0 Å². The van der Waals surface area contributed by atoms with E-state index in [4.69, 9.17) is 0 Å². The summed E-state index contributed by atoms with van der Waals surface area (Å²) in [5, 5.41) is 5.68. The van der Waals surface area contributed by atoms with Crippen molar-refractivity contribution in [3.63, 3.8) is 0 Å². The van der Waals surface area contributed by atoms with Gasteiger partial charge in [-0.3, -0.25) is 4.98 Å². The van der Waals surface area contributed by atoms with Crippen LogP contribution in [0.5, 0.6) is 0 Å². The number of ether oxygens (including phenoxy) is 1. The molecule has 0 atom stereocenters. The molecular weight excluding hydrogens is 272 g/mol. The SMILES string of the molecule is COC(=O)N1CCC(NC(=O)NCc2ccccn2)CC1. The van der Waals surface area contributed by atoms with Crippen molar-refractivity contribution in [1.29, 1.82) is 0 Å². The maximum absolute atomic E-state index is 11.8. The van der Waals surface area contributed by atoms with Crippen LogP contribution >= 0.6 is 0 Å². The van der Waals surface area contributed by atoms with Gasteiger partial charge in [0.15, 0.2) is 0 Å². The molecule has 0 unspecified atom stereocenters. The smallest absolute Gasteiger partial charge is 0.409 e. The fourth-order valence-electron chi connectivity index (χ4n) is 2.25. The third kappa shape index (κ3) is 4.62. The predicted molar refractivity (Wildman–Crippen MR) is 76.6 cm³/mol. The van der Waals surface area contributed by atoms with E-state index in [9.17, 15) is 9.59 Å². The van der Waals surface area contributed by atoms with E-state index in [-0.39, 0.29) is 18.2 Å². The van der Waals surface area contributed by atoms with Crippen molar-refractivity contribution >= 4 is 12.1 Å². The number of hydrogen-bond donors (Lipinski definition) is 2. The number of pyridine rings is 1. The number of aromatic nitrogens is 1. The van der Waals surface area contributed by atoms with E-state index in [0.29, 0.717) is 19.6 Å². The normalized spacial score (nSPS) is 15.4. The van der Waals surface area contributed by atoms with Gasteiger partial charge in [0.2, 0.25) is 0 Å². The average molecular weight is 292 g/mol. The number of nitrogens with one attached hydrogen (secondary N) is 2. The zero-order valence-corrected chi connectivity index (χ0v) is 12.0. The minimum atomic E-state index is -0.312. The quantitative estimate of drug-likeness (QED) is 0.874. The standard InChI is InChI=1S/C14H20N4O3/c1-21-14(20)18-8-5-11(6-9-18)17-13(19)16-10-12-4-2-3-7-15-12/h2-4,7,11H,5-6,8-10H2,1H3,(H2,16,17,19). The number of urea groups is 1. The molecule has 2 heterocycles. The molecule has 2 N–H and O–H groups in total. The van der Waals surface area contributed by atoms with Crippen LogP contribution in [0.2, 0.25) is 0 Å². The van der Waals surface area contributed by atoms with Crippen LogP contribution in [0.3, 0.4) is 0 Å². The highest BCUT2D eigenvalue weighted by Gasteiger charge is 2.23. The lowest BCUT2D eigenvalue weighted by molar-refractivity contribution is 0.110. The molecule has 0 saturated carbocycles. The molecule has 1 aromatic heterocycles. The van der Waals surface area contributed by atoms with Crippen molar-refractivity contribution in [2.75, 3.05) is 20.2 Å². The predicted octanol–water partition coefficient (Wildman–Crippen LogP) is 1.11. The van der Waals surface area contributed by atoms with Crippen LogP contribution in [0.15, 0.2) is 24.4 Å². The van der Waals surface area contributed by atoms with Crippen molar-refractivity contribution in [3.8, 4) is 0 Å². The summed E-state index contributed by atoms with van der Waals surface area (Å²) in [6.07, 6.45) is 2.84. The van der Waals surface area contributed by atoms with E-state index in [2.05, 4.69) is 20.4 Å². The number of hydrogen-bond acceptors (Lipinski definition) is 4. The maximum atomic E-state index is 11.8. The van der Waals surface area contributed by atoms with Gasteiger partial charge in [-0.05, 0) is 25.0 Å². The van der Waals surface area contributed by atoms with Gasteiger partial charge in [-0.25, -0.2) is 9.59 Å². The fraction of sp³-hybridized carbons (Fsp3) is 0.500. The molecule has 114 valence electrons. The van der Waals surface area contributed by atoms with E-state index in [1.54, 1.807) is 11.1 Å². The Bertz CT molecular complexity index is 472. The Morgan fingerprint density at radius 2 is 2.14 bits per heavy atom. The number of piperidine rings is 1. The van der Waals surface area contributed by atoms with Crippen LogP contribution < -0.4 is 10.6 Å². The summed E-state index contributed by atoms with van der Waals surface area (Å²) in [5.41, 5.74) is 0.813. The summed E-state index contributed by atoms with van der Waals surface area (Å²) in [6.45, 7) is 1.59. The second kappa shape index (κ2) is 7.47. The lowest BCUT2D eigenvalue weighted by Crippen LogP contribution is -2.49. The number of nitrogens with zero attached hydrogens (tertiary/aromatic N) is 2. The van der Waals surface area contributed by atoms with Crippen molar-refractivity contribution in [2.24, 2.45) is 0 Å². The highest BCUT2D eigenvalue weighted by atomic mass is 16.5. The molecule has 21 heavy (non-hydrogen) atoms. The molecule has 0 bridgehead atoms. The van der Waals surface area contributed by atoms with Crippen LogP contribution in [0.4, 0.5) is 9.59 Å². The Morgan fingerprint density at radius 3 is 2.76 bits per heavy atom. The Hall–Kier alpha value is -2.31. The van der Waals surface area contributed by atoms with Gasteiger partial charge in [-0.15, -0.1) is 0 Å². The van der Waals surface area contributed by atoms with Gasteiger partial charge in [0, 0.05) is 25.3 Å². The van der Waals surface area contributed by atoms with E-state index < -0.39 is 0 Å². The molecule has 1 aliphatic rings. The van der Waals surface area contributed by atoms with Crippen LogP contribution in [0, 0.1) is 0 Å². The summed E-state index contributed by atoms with van der Waals surface area (Å²) in [6, 6.07) is 5.44. The van der Waals surface area contributed by atoms with Gasteiger partial charge >= 0.3 is 12.1 Å². The number of amides is 3. The molecule has 0 aromatic carbocycles. The molecule has 7 heteroatoms. The summed E-state index contributed by atoms with van der Waals surface area (Å²) >= 11 is 0. The average Bonchev–Trinajstić information content (AvgIpc) is 2.54. The topological polar surface area (TPSA) is 83.6 Å². The molecule has 1 aliphatic heterocycles. The van der Waals surface area contributed by atoms with Gasteiger partial charge in [-0.1, -0.05) is 6.07 Å². The number of carbonyl (C=O) groups is 2. The van der Waals surface area contributed by atoms with Crippen LogP contribution in [0.25, 0.3) is 0 Å². The molecule has 0 radical (unpaired) electrons. The molecule has 0 spiro atoms. The van der Waals surface area contributed by atoms with Crippen LogP contribution in [-0.2, 0) is 11.3 Å². The Labute approximate surface area is 123 Å². The first kappa shape index (κ1) is 15.1. The van der Waals surface area contributed by atoms with Gasteiger partial charge in [0.1, 0.15) is 0 Å². The molecule has 7 nitrogen and oxygen atoms in total. The Morgan fingerprint density at radius 1 is 1.38 bits per heavy atom. The first-order valence-electron chi connectivity index (χ1n) is 6.96. The molecule has 1 saturated heterocycles. The minimum absolute atomic E-state index is 0.0784. The first-order chi connectivity index (χ1) is 10.2. The highest BCUT2D eigenvalue weighted by molar-refractivity contribution is 5.74. The molecular formula is C14H20N4O3. The zero-order valence-electron chi connectivity index (χ0n) is 12.0. The van der Waals surface area contributed by atoms with Crippen LogP contribution in [0.1, 0.15) is 18.5 Å². The third-order valence-electron chi connectivity index (χ3n) is 3.42. The molecule has 1 aromatic rings. The number of likely N-dealkylation sites (tertiary alicyclic amines) is 1. The highest BCUT2D eigenvalue weighted by Crippen LogP contribution is 2.11. The Kier molecular flexibility index (Phi) is 5.36. The van der Waals surface area contributed by atoms with Crippen molar-refractivity contribution in [1.82, 2.24) is 20.5 Å².